The molecule has 1 aliphatic carbocycles. The molecule has 0 radical (unpaired) electrons. The van der Waals surface area contributed by atoms with Crippen molar-refractivity contribution >= 4 is 12.0 Å². The first-order chi connectivity index (χ1) is 13.5. The molecule has 154 valence electrons. The molecule has 1 aromatic rings. The van der Waals surface area contributed by atoms with Gasteiger partial charge in [0.25, 0.3) is 0 Å². The molecule has 1 aromatic carbocycles. The van der Waals surface area contributed by atoms with E-state index in [0.717, 1.165) is 12.0 Å². The van der Waals surface area contributed by atoms with Crippen molar-refractivity contribution in [3.63, 3.8) is 0 Å². The first-order valence-electron chi connectivity index (χ1n) is 10.4. The Morgan fingerprint density at radius 2 is 1.96 bits per heavy atom. The van der Waals surface area contributed by atoms with Gasteiger partial charge in [-0.2, -0.15) is 5.48 Å². The summed E-state index contributed by atoms with van der Waals surface area (Å²) in [6.45, 7) is 4.38. The molecule has 2 amide bonds. The first-order valence-corrected chi connectivity index (χ1v) is 10.4. The normalized spacial score (nSPS) is 20.8. The van der Waals surface area contributed by atoms with E-state index >= 15 is 0 Å². The molecular weight excluding hydrogens is 356 g/mol. The number of nitrogens with zero attached hydrogens (tertiary/aromatic N) is 1. The SMILES string of the molecule is CC1(C)COC(=O)N1C(=O)CC(CC1CCCCC1)NOCc1ccccc1. The van der Waals surface area contributed by atoms with Gasteiger partial charge in [0.2, 0.25) is 5.91 Å². The second-order valence-corrected chi connectivity index (χ2v) is 8.63. The Morgan fingerprint density at radius 3 is 2.61 bits per heavy atom. The highest BCUT2D eigenvalue weighted by molar-refractivity contribution is 5.94. The maximum absolute atomic E-state index is 12.9. The second kappa shape index (κ2) is 9.52. The van der Waals surface area contributed by atoms with Crippen LogP contribution in [0.3, 0.4) is 0 Å². The van der Waals surface area contributed by atoms with Crippen LogP contribution in [0.2, 0.25) is 0 Å². The average Bonchev–Trinajstić information content (AvgIpc) is 2.96. The number of imide groups is 1. The van der Waals surface area contributed by atoms with E-state index in [1.54, 1.807) is 0 Å². The standard InChI is InChI=1S/C22H32N2O4/c1-22(2)16-27-21(26)24(22)20(25)14-19(13-17-9-5-3-6-10-17)23-28-15-18-11-7-4-8-12-18/h4,7-8,11-12,17,19,23H,3,5-6,9-10,13-16H2,1-2H3. The van der Waals surface area contributed by atoms with E-state index in [0.29, 0.717) is 12.5 Å². The van der Waals surface area contributed by atoms with Crippen LogP contribution in [0.25, 0.3) is 0 Å². The third-order valence-electron chi connectivity index (χ3n) is 5.68. The van der Waals surface area contributed by atoms with Crippen LogP contribution >= 0.6 is 0 Å². The lowest BCUT2D eigenvalue weighted by Gasteiger charge is -2.30. The van der Waals surface area contributed by atoms with Crippen LogP contribution in [0.15, 0.2) is 30.3 Å². The Bertz CT molecular complexity index is 656. The molecule has 28 heavy (non-hydrogen) atoms. The maximum Gasteiger partial charge on any atom is 0.417 e. The smallest absolute Gasteiger partial charge is 0.417 e. The van der Waals surface area contributed by atoms with Gasteiger partial charge < -0.3 is 4.74 Å². The Morgan fingerprint density at radius 1 is 1.25 bits per heavy atom. The number of carbonyl (C=O) groups is 2. The van der Waals surface area contributed by atoms with E-state index < -0.39 is 11.6 Å². The molecule has 1 heterocycles. The van der Waals surface area contributed by atoms with Crippen molar-refractivity contribution in [1.29, 1.82) is 0 Å². The molecule has 1 aliphatic heterocycles. The van der Waals surface area contributed by atoms with Crippen molar-refractivity contribution in [1.82, 2.24) is 10.4 Å². The average molecular weight is 389 g/mol. The number of rotatable bonds is 8. The lowest BCUT2D eigenvalue weighted by Crippen LogP contribution is -2.48. The van der Waals surface area contributed by atoms with Crippen LogP contribution in [-0.4, -0.2) is 35.1 Å². The summed E-state index contributed by atoms with van der Waals surface area (Å²) in [4.78, 5) is 31.9. The third-order valence-corrected chi connectivity index (χ3v) is 5.68. The monoisotopic (exact) mass is 388 g/mol. The van der Waals surface area contributed by atoms with Gasteiger partial charge in [-0.1, -0.05) is 62.4 Å². The van der Waals surface area contributed by atoms with E-state index in [4.69, 9.17) is 9.57 Å². The summed E-state index contributed by atoms with van der Waals surface area (Å²) in [5.74, 6) is 0.391. The summed E-state index contributed by atoms with van der Waals surface area (Å²) in [7, 11) is 0. The topological polar surface area (TPSA) is 67.9 Å². The summed E-state index contributed by atoms with van der Waals surface area (Å²) >= 11 is 0. The van der Waals surface area contributed by atoms with Gasteiger partial charge in [0.1, 0.15) is 6.61 Å². The Kier molecular flexibility index (Phi) is 7.08. The number of carbonyl (C=O) groups excluding carboxylic acids is 2. The van der Waals surface area contributed by atoms with Gasteiger partial charge in [-0.3, -0.25) is 9.63 Å². The molecule has 0 bridgehead atoms. The minimum absolute atomic E-state index is 0.122. The van der Waals surface area contributed by atoms with Gasteiger partial charge in [0, 0.05) is 12.5 Å². The minimum Gasteiger partial charge on any atom is -0.447 e. The molecule has 1 atom stereocenters. The van der Waals surface area contributed by atoms with E-state index in [9.17, 15) is 9.59 Å². The number of ether oxygens (including phenoxy) is 1. The third kappa shape index (κ3) is 5.55. The minimum atomic E-state index is -0.603. The van der Waals surface area contributed by atoms with Gasteiger partial charge in [-0.15, -0.1) is 0 Å². The first kappa shape index (κ1) is 20.8. The molecular formula is C22H32N2O4. The van der Waals surface area contributed by atoms with Crippen LogP contribution in [-0.2, 0) is 21.0 Å². The van der Waals surface area contributed by atoms with Crippen LogP contribution in [0, 0.1) is 5.92 Å². The molecule has 6 heteroatoms. The highest BCUT2D eigenvalue weighted by Crippen LogP contribution is 2.29. The van der Waals surface area contributed by atoms with E-state index in [2.05, 4.69) is 5.48 Å². The zero-order chi connectivity index (χ0) is 20.0. The Balaban J connectivity index is 1.59. The van der Waals surface area contributed by atoms with Crippen LogP contribution in [0.5, 0.6) is 0 Å². The molecule has 0 aromatic heterocycles. The summed E-state index contributed by atoms with van der Waals surface area (Å²) < 4.78 is 5.09. The van der Waals surface area contributed by atoms with Gasteiger partial charge >= 0.3 is 6.09 Å². The van der Waals surface area contributed by atoms with Gasteiger partial charge in [0.05, 0.1) is 12.1 Å². The highest BCUT2D eigenvalue weighted by Gasteiger charge is 2.44. The van der Waals surface area contributed by atoms with Gasteiger partial charge in [-0.25, -0.2) is 9.69 Å². The number of hydroxylamine groups is 1. The lowest BCUT2D eigenvalue weighted by atomic mass is 9.84. The van der Waals surface area contributed by atoms with Crippen molar-refractivity contribution in [2.24, 2.45) is 5.92 Å². The molecule has 1 saturated carbocycles. The van der Waals surface area contributed by atoms with Crippen molar-refractivity contribution < 1.29 is 19.2 Å². The second-order valence-electron chi connectivity index (χ2n) is 8.63. The Labute approximate surface area is 167 Å². The molecule has 1 N–H and O–H groups in total. The number of hydrogen-bond acceptors (Lipinski definition) is 5. The van der Waals surface area contributed by atoms with E-state index in [1.165, 1.54) is 37.0 Å². The fraction of sp³-hybridized carbons (Fsp3) is 0.636. The zero-order valence-electron chi connectivity index (χ0n) is 17.0. The number of benzene rings is 1. The molecule has 2 aliphatic rings. The molecule has 1 saturated heterocycles. The highest BCUT2D eigenvalue weighted by atomic mass is 16.6. The molecule has 0 spiro atoms. The number of cyclic esters (lactones) is 1. The number of hydrogen-bond donors (Lipinski definition) is 1. The molecule has 6 nitrogen and oxygen atoms in total. The number of nitrogens with one attached hydrogen (secondary N) is 1. The summed E-state index contributed by atoms with van der Waals surface area (Å²) in [5, 5.41) is 0. The van der Waals surface area contributed by atoms with Crippen molar-refractivity contribution in [3.8, 4) is 0 Å². The van der Waals surface area contributed by atoms with Gasteiger partial charge in [0.15, 0.2) is 0 Å². The van der Waals surface area contributed by atoms with E-state index in [-0.39, 0.29) is 25.0 Å². The zero-order valence-corrected chi connectivity index (χ0v) is 17.0. The van der Waals surface area contributed by atoms with Crippen molar-refractivity contribution in [3.05, 3.63) is 35.9 Å². The summed E-state index contributed by atoms with van der Waals surface area (Å²) in [5.41, 5.74) is 3.58. The molecule has 1 unspecified atom stereocenters. The van der Waals surface area contributed by atoms with Crippen LogP contribution in [0.4, 0.5) is 4.79 Å². The fourth-order valence-electron chi connectivity index (χ4n) is 4.17. The van der Waals surface area contributed by atoms with Crippen molar-refractivity contribution in [2.45, 2.75) is 77.0 Å². The van der Waals surface area contributed by atoms with Crippen molar-refractivity contribution in [2.75, 3.05) is 6.61 Å². The van der Waals surface area contributed by atoms with Gasteiger partial charge in [-0.05, 0) is 31.7 Å². The van der Waals surface area contributed by atoms with Crippen LogP contribution in [0.1, 0.15) is 64.4 Å². The molecule has 2 fully saturated rings. The predicted molar refractivity (Wildman–Crippen MR) is 106 cm³/mol. The summed E-state index contributed by atoms with van der Waals surface area (Å²) in [6.07, 6.45) is 6.75. The molecule has 3 rings (SSSR count). The van der Waals surface area contributed by atoms with Crippen LogP contribution < -0.4 is 5.48 Å². The fourth-order valence-corrected chi connectivity index (χ4v) is 4.17. The van der Waals surface area contributed by atoms with E-state index in [1.807, 2.05) is 44.2 Å². The summed E-state index contributed by atoms with van der Waals surface area (Å²) in [6, 6.07) is 9.81. The maximum atomic E-state index is 12.9. The largest absolute Gasteiger partial charge is 0.447 e. The predicted octanol–water partition coefficient (Wildman–Crippen LogP) is 4.19. The number of amides is 2. The lowest BCUT2D eigenvalue weighted by molar-refractivity contribution is -0.132. The Hall–Kier alpha value is -1.92. The quantitative estimate of drug-likeness (QED) is 0.676.